The number of hydrogen-bond donors (Lipinski definition) is 1. The summed E-state index contributed by atoms with van der Waals surface area (Å²) in [5.41, 5.74) is 0.905. The maximum Gasteiger partial charge on any atom is 0.303 e. The molecule has 0 saturated heterocycles. The zero-order chi connectivity index (χ0) is 13.3. The lowest BCUT2D eigenvalue weighted by atomic mass is 10.1. The zero-order valence-corrected chi connectivity index (χ0v) is 10.9. The van der Waals surface area contributed by atoms with Gasteiger partial charge in [0, 0.05) is 17.4 Å². The Hall–Kier alpha value is -1.69. The number of carboxylic acid groups (broad SMARTS) is 1. The number of aliphatic carboxylic acids is 1. The van der Waals surface area contributed by atoms with Gasteiger partial charge >= 0.3 is 5.97 Å². The number of amides is 1. The molecule has 0 aliphatic carbocycles. The Labute approximate surface area is 112 Å². The summed E-state index contributed by atoms with van der Waals surface area (Å²) in [5, 5.41) is 8.57. The first kappa shape index (κ1) is 12.8. The van der Waals surface area contributed by atoms with Gasteiger partial charge in [0.1, 0.15) is 0 Å². The van der Waals surface area contributed by atoms with Crippen LogP contribution in [0, 0.1) is 0 Å². The molecule has 0 unspecified atom stereocenters. The maximum absolute atomic E-state index is 11.8. The topological polar surface area (TPSA) is 74.7 Å². The Balaban J connectivity index is 2.24. The fourth-order valence-corrected chi connectivity index (χ4v) is 2.45. The van der Waals surface area contributed by atoms with E-state index in [1.165, 1.54) is 4.90 Å². The average Bonchev–Trinajstić information content (AvgIpc) is 2.55. The van der Waals surface area contributed by atoms with E-state index in [4.69, 9.17) is 5.11 Å². The first-order valence-electron chi connectivity index (χ1n) is 5.39. The van der Waals surface area contributed by atoms with Crippen molar-refractivity contribution in [2.45, 2.75) is 12.8 Å². The number of ketones is 1. The molecule has 0 fully saturated rings. The summed E-state index contributed by atoms with van der Waals surface area (Å²) in [6.45, 7) is 0.236. The van der Waals surface area contributed by atoms with E-state index in [1.807, 2.05) is 0 Å². The molecule has 1 aliphatic heterocycles. The molecule has 6 heteroatoms. The van der Waals surface area contributed by atoms with E-state index in [0.29, 0.717) is 22.1 Å². The van der Waals surface area contributed by atoms with Gasteiger partial charge in [0.25, 0.3) is 11.7 Å². The molecule has 18 heavy (non-hydrogen) atoms. The first-order valence-corrected chi connectivity index (χ1v) is 6.18. The van der Waals surface area contributed by atoms with Crippen LogP contribution < -0.4 is 4.90 Å². The highest BCUT2D eigenvalue weighted by Gasteiger charge is 2.36. The van der Waals surface area contributed by atoms with Crippen LogP contribution in [-0.4, -0.2) is 29.3 Å². The van der Waals surface area contributed by atoms with Crippen LogP contribution in [0.1, 0.15) is 23.2 Å². The predicted octanol–water partition coefficient (Wildman–Crippen LogP) is 1.84. The van der Waals surface area contributed by atoms with Gasteiger partial charge in [0.2, 0.25) is 0 Å². The summed E-state index contributed by atoms with van der Waals surface area (Å²) in [4.78, 5) is 35.4. The molecular weight excluding hydrogens is 302 g/mol. The van der Waals surface area contributed by atoms with Gasteiger partial charge < -0.3 is 10.0 Å². The number of Topliss-reactive ketones (excluding diaryl/α,β-unsaturated/α-hetero) is 1. The summed E-state index contributed by atoms with van der Waals surface area (Å²) in [7, 11) is 0. The average molecular weight is 312 g/mol. The molecule has 1 aliphatic rings. The van der Waals surface area contributed by atoms with Crippen molar-refractivity contribution in [3.8, 4) is 0 Å². The molecular formula is C12H10BrNO4. The molecule has 1 N–H and O–H groups in total. The Morgan fingerprint density at radius 2 is 2.06 bits per heavy atom. The molecule has 1 heterocycles. The number of carboxylic acids is 1. The third-order valence-electron chi connectivity index (χ3n) is 2.72. The van der Waals surface area contributed by atoms with Crippen LogP contribution in [0.5, 0.6) is 0 Å². The smallest absolute Gasteiger partial charge is 0.303 e. The highest BCUT2D eigenvalue weighted by atomic mass is 79.9. The fraction of sp³-hybridized carbons (Fsp3) is 0.250. The lowest BCUT2D eigenvalue weighted by Gasteiger charge is -2.15. The third-order valence-corrected chi connectivity index (χ3v) is 3.38. The molecule has 2 rings (SSSR count). The molecule has 1 amide bonds. The van der Waals surface area contributed by atoms with E-state index in [1.54, 1.807) is 18.2 Å². The Morgan fingerprint density at radius 3 is 2.72 bits per heavy atom. The standard InChI is InChI=1S/C12H10BrNO4/c13-7-3-1-4-8-10(7)11(17)12(18)14(8)6-2-5-9(15)16/h1,3-4H,2,5-6H2,(H,15,16). The number of carbonyl (C=O) groups excluding carboxylic acids is 2. The third kappa shape index (κ3) is 2.15. The van der Waals surface area contributed by atoms with E-state index < -0.39 is 17.7 Å². The largest absolute Gasteiger partial charge is 0.481 e. The summed E-state index contributed by atoms with van der Waals surface area (Å²) in [5.74, 6) is -2.06. The van der Waals surface area contributed by atoms with E-state index in [-0.39, 0.29) is 13.0 Å². The first-order chi connectivity index (χ1) is 8.52. The number of anilines is 1. The summed E-state index contributed by atoms with van der Waals surface area (Å²) >= 11 is 3.24. The second kappa shape index (κ2) is 4.89. The Morgan fingerprint density at radius 1 is 1.33 bits per heavy atom. The van der Waals surface area contributed by atoms with Crippen LogP contribution in [0.15, 0.2) is 22.7 Å². The highest BCUT2D eigenvalue weighted by molar-refractivity contribution is 9.10. The van der Waals surface area contributed by atoms with Gasteiger partial charge in [-0.25, -0.2) is 0 Å². The minimum absolute atomic E-state index is 0.0265. The number of benzene rings is 1. The quantitative estimate of drug-likeness (QED) is 0.861. The zero-order valence-electron chi connectivity index (χ0n) is 9.35. The van der Waals surface area contributed by atoms with Crippen molar-refractivity contribution in [1.82, 2.24) is 0 Å². The van der Waals surface area contributed by atoms with Crippen LogP contribution in [0.4, 0.5) is 5.69 Å². The van der Waals surface area contributed by atoms with Gasteiger partial charge in [0.05, 0.1) is 11.3 Å². The number of nitrogens with zero attached hydrogens (tertiary/aromatic N) is 1. The van der Waals surface area contributed by atoms with E-state index in [2.05, 4.69) is 15.9 Å². The van der Waals surface area contributed by atoms with E-state index >= 15 is 0 Å². The molecule has 0 bridgehead atoms. The molecule has 1 aromatic rings. The van der Waals surface area contributed by atoms with Gasteiger partial charge in [-0.1, -0.05) is 6.07 Å². The van der Waals surface area contributed by atoms with Crippen molar-refractivity contribution in [3.05, 3.63) is 28.2 Å². The lowest BCUT2D eigenvalue weighted by molar-refractivity contribution is -0.137. The predicted molar refractivity (Wildman–Crippen MR) is 67.7 cm³/mol. The van der Waals surface area contributed by atoms with Gasteiger partial charge in [-0.05, 0) is 34.5 Å². The number of carbonyl (C=O) groups is 3. The summed E-state index contributed by atoms with van der Waals surface area (Å²) in [6, 6.07) is 5.12. The van der Waals surface area contributed by atoms with Crippen LogP contribution in [0.25, 0.3) is 0 Å². The van der Waals surface area contributed by atoms with Crippen molar-refractivity contribution < 1.29 is 19.5 Å². The fourth-order valence-electron chi connectivity index (χ4n) is 1.91. The Bertz CT molecular complexity index is 541. The molecule has 0 aromatic heterocycles. The number of rotatable bonds is 4. The van der Waals surface area contributed by atoms with Crippen LogP contribution in [0.3, 0.4) is 0 Å². The van der Waals surface area contributed by atoms with Gasteiger partial charge in [-0.2, -0.15) is 0 Å². The van der Waals surface area contributed by atoms with Crippen molar-refractivity contribution in [3.63, 3.8) is 0 Å². The monoisotopic (exact) mass is 311 g/mol. The molecule has 5 nitrogen and oxygen atoms in total. The van der Waals surface area contributed by atoms with Crippen molar-refractivity contribution in [2.24, 2.45) is 0 Å². The molecule has 1 aromatic carbocycles. The normalized spacial score (nSPS) is 13.9. The van der Waals surface area contributed by atoms with Crippen molar-refractivity contribution in [1.29, 1.82) is 0 Å². The van der Waals surface area contributed by atoms with Crippen LogP contribution in [-0.2, 0) is 9.59 Å². The minimum Gasteiger partial charge on any atom is -0.481 e. The highest BCUT2D eigenvalue weighted by Crippen LogP contribution is 2.34. The summed E-state index contributed by atoms with van der Waals surface area (Å²) in [6.07, 6.45) is 0.293. The van der Waals surface area contributed by atoms with Crippen molar-refractivity contribution >= 4 is 39.3 Å². The van der Waals surface area contributed by atoms with Gasteiger partial charge in [0.15, 0.2) is 0 Å². The van der Waals surface area contributed by atoms with Gasteiger partial charge in [-0.15, -0.1) is 0 Å². The molecule has 0 atom stereocenters. The van der Waals surface area contributed by atoms with Gasteiger partial charge in [-0.3, -0.25) is 14.4 Å². The number of fused-ring (bicyclic) bond motifs is 1. The SMILES string of the molecule is O=C(O)CCCN1C(=O)C(=O)c2c(Br)cccc21. The second-order valence-corrected chi connectivity index (χ2v) is 4.77. The maximum atomic E-state index is 11.8. The number of halogens is 1. The number of hydrogen-bond acceptors (Lipinski definition) is 3. The Kier molecular flexibility index (Phi) is 3.47. The lowest BCUT2D eigenvalue weighted by Crippen LogP contribution is -2.30. The molecule has 0 saturated carbocycles. The van der Waals surface area contributed by atoms with E-state index in [0.717, 1.165) is 0 Å². The van der Waals surface area contributed by atoms with Crippen LogP contribution >= 0.6 is 15.9 Å². The molecule has 0 spiro atoms. The van der Waals surface area contributed by atoms with Crippen molar-refractivity contribution in [2.75, 3.05) is 11.4 Å². The molecule has 0 radical (unpaired) electrons. The van der Waals surface area contributed by atoms with E-state index in [9.17, 15) is 14.4 Å². The summed E-state index contributed by atoms with van der Waals surface area (Å²) < 4.78 is 0.582. The van der Waals surface area contributed by atoms with Crippen LogP contribution in [0.2, 0.25) is 0 Å². The minimum atomic E-state index is -0.914. The molecule has 94 valence electrons. The second-order valence-electron chi connectivity index (χ2n) is 3.92.